The number of primary amides is 1. The Morgan fingerprint density at radius 3 is 2.13 bits per heavy atom. The number of urea groups is 1. The number of benzene rings is 2. The molecule has 0 bridgehead atoms. The molecule has 30 heteroatoms. The number of phenols is 1. The number of carbonyl (C=O) groups is 9. The highest BCUT2D eigenvalue weighted by molar-refractivity contribution is 7.09. The molecule has 10 amide bonds. The number of fused-ring (bicyclic) bond motifs is 1. The number of aromatic nitrogens is 1. The molecule has 1 aliphatic heterocycles. The Balaban J connectivity index is 0.988. The van der Waals surface area contributed by atoms with Gasteiger partial charge in [0.05, 0.1) is 57.6 Å². The van der Waals surface area contributed by atoms with E-state index in [9.17, 15) is 48.3 Å². The maximum Gasteiger partial charge on any atom is 0.426 e. The van der Waals surface area contributed by atoms with Crippen molar-refractivity contribution in [3.63, 3.8) is 0 Å². The predicted octanol–water partition coefficient (Wildman–Crippen LogP) is 5.40. The fourth-order valence-corrected chi connectivity index (χ4v) is 12.2. The Labute approximate surface area is 579 Å². The zero-order valence-electron chi connectivity index (χ0n) is 58.4. The van der Waals surface area contributed by atoms with Crippen molar-refractivity contribution in [2.24, 2.45) is 29.2 Å². The van der Waals surface area contributed by atoms with E-state index < -0.39 is 78.0 Å². The van der Waals surface area contributed by atoms with Gasteiger partial charge in [-0.1, -0.05) is 86.4 Å². The SMILES string of the molecule is CCCO[C@H](C[C@H](C(C)C)N(CCC)C(=O)[C@@H](NC(=O)[C@H]1CCCCN1C)[C@@H](C)CC)c1nc(C(=O)N[C@H]2Cc3ccc(O)cc3[C@H](C(=O)NNC(=O)OCCOCCOCCOCCNC(=O)OCc3ccc(NC(=O)[C@H](CCCNC(N)=O)NC(=O)[C@@H](N)C(C)C)cc3)C2)cs1. The number of rotatable bonds is 41. The van der Waals surface area contributed by atoms with Crippen molar-refractivity contribution in [1.82, 2.24) is 52.2 Å². The van der Waals surface area contributed by atoms with Crippen LogP contribution in [-0.2, 0) is 65.4 Å². The number of thiazole rings is 1. The van der Waals surface area contributed by atoms with Crippen LogP contribution in [0.3, 0.4) is 0 Å². The van der Waals surface area contributed by atoms with Crippen molar-refractivity contribution >= 4 is 70.7 Å². The number of carbonyl (C=O) groups excluding carboxylic acids is 9. The number of nitrogens with one attached hydrogen (secondary N) is 8. The van der Waals surface area contributed by atoms with Gasteiger partial charge in [0, 0.05) is 55.8 Å². The number of aromatic hydroxyl groups is 1. The number of amides is 10. The molecule has 546 valence electrons. The number of hydrazine groups is 1. The minimum atomic E-state index is -0.939. The molecule has 1 saturated heterocycles. The number of nitrogens with two attached hydrogens (primary N) is 2. The molecule has 13 N–H and O–H groups in total. The number of hydrogen-bond donors (Lipinski definition) is 11. The average molecular weight is 1390 g/mol. The molecule has 2 aromatic carbocycles. The van der Waals surface area contributed by atoms with Gasteiger partial charge in [-0.3, -0.25) is 39.1 Å². The lowest BCUT2D eigenvalue weighted by molar-refractivity contribution is -0.143. The van der Waals surface area contributed by atoms with E-state index in [1.54, 1.807) is 49.6 Å². The molecule has 1 aromatic heterocycles. The van der Waals surface area contributed by atoms with Gasteiger partial charge >= 0.3 is 18.2 Å². The number of hydrogen-bond acceptors (Lipinski definition) is 20. The summed E-state index contributed by atoms with van der Waals surface area (Å²) in [5.41, 5.74) is 18.3. The molecule has 2 heterocycles. The highest BCUT2D eigenvalue weighted by Crippen LogP contribution is 2.36. The lowest BCUT2D eigenvalue weighted by Gasteiger charge is -2.40. The van der Waals surface area contributed by atoms with Gasteiger partial charge in [0.15, 0.2) is 0 Å². The molecule has 0 radical (unpaired) electrons. The van der Waals surface area contributed by atoms with Crippen molar-refractivity contribution in [3.8, 4) is 5.75 Å². The van der Waals surface area contributed by atoms with Gasteiger partial charge in [-0.2, -0.15) is 0 Å². The highest BCUT2D eigenvalue weighted by atomic mass is 32.1. The second-order valence-corrected chi connectivity index (χ2v) is 26.3. The Bertz CT molecular complexity index is 3010. The fourth-order valence-electron chi connectivity index (χ4n) is 11.4. The van der Waals surface area contributed by atoms with Gasteiger partial charge < -0.3 is 81.8 Å². The zero-order chi connectivity index (χ0) is 71.7. The molecular weight excluding hydrogens is 1290 g/mol. The van der Waals surface area contributed by atoms with E-state index in [4.69, 9.17) is 44.9 Å². The second kappa shape index (κ2) is 42.9. The molecule has 1 aliphatic carbocycles. The van der Waals surface area contributed by atoms with Crippen LogP contribution in [0, 0.1) is 17.8 Å². The number of likely N-dealkylation sites (N-methyl/N-ethyl adjacent to an activating group) is 1. The monoisotopic (exact) mass is 1390 g/mol. The van der Waals surface area contributed by atoms with Gasteiger partial charge in [0.1, 0.15) is 47.9 Å². The highest BCUT2D eigenvalue weighted by Gasteiger charge is 2.39. The number of piperidine rings is 1. The summed E-state index contributed by atoms with van der Waals surface area (Å²) in [6.07, 6.45) is 4.21. The molecule has 2 aliphatic rings. The van der Waals surface area contributed by atoms with Crippen molar-refractivity contribution in [2.45, 2.75) is 181 Å². The maximum absolute atomic E-state index is 14.8. The lowest BCUT2D eigenvalue weighted by Crippen LogP contribution is -2.58. The predicted molar refractivity (Wildman–Crippen MR) is 368 cm³/mol. The number of ether oxygens (including phenoxy) is 6. The first-order chi connectivity index (χ1) is 46.9. The third-order valence-electron chi connectivity index (χ3n) is 17.1. The second-order valence-electron chi connectivity index (χ2n) is 25.5. The standard InChI is InChI=1S/C68H107N13O16S/c1-10-26-81(65(88)58(44(8)12-3)77-62(86)54-17-13-14-27-80(54)9)55(42(4)5)39-56(95-28-11-2)64-76-53(41-98-64)61(85)74-48-36-46-20-23-49(82)38-50(46)51(37-48)59(83)78-79-68(91)96-35-34-94-33-32-93-31-30-92-29-25-72-67(90)97-40-45-18-21-47(22-19-45)73-60(84)52(16-15-24-71-66(70)89)75-63(87)57(69)43(6)7/h18-23,38,41-44,48,51-52,54-58,82H,10-17,24-37,39-40,69H2,1-9H3,(H,72,90)(H,73,84)(H,74,85)(H,75,87)(H,77,86)(H,78,83)(H,79,91)(H3,70,71,89)/t44-,48-,51+,52-,54+,55+,56+,57-,58-/m0/s1. The van der Waals surface area contributed by atoms with Crippen LogP contribution in [0.15, 0.2) is 47.8 Å². The van der Waals surface area contributed by atoms with Crippen LogP contribution in [0.2, 0.25) is 0 Å². The molecule has 1 fully saturated rings. The number of alkyl carbamates (subject to hydrolysis) is 1. The van der Waals surface area contributed by atoms with Crippen LogP contribution in [0.25, 0.3) is 0 Å². The zero-order valence-corrected chi connectivity index (χ0v) is 59.2. The van der Waals surface area contributed by atoms with E-state index in [2.05, 4.69) is 61.5 Å². The van der Waals surface area contributed by atoms with E-state index in [-0.39, 0.29) is 132 Å². The Kier molecular flexibility index (Phi) is 35.5. The van der Waals surface area contributed by atoms with Crippen LogP contribution in [0.1, 0.15) is 164 Å². The van der Waals surface area contributed by atoms with Gasteiger partial charge in [0.2, 0.25) is 29.5 Å². The number of likely N-dealkylation sites (tertiary alicyclic amines) is 1. The normalized spacial score (nSPS) is 17.2. The molecule has 0 unspecified atom stereocenters. The van der Waals surface area contributed by atoms with Crippen molar-refractivity contribution in [3.05, 3.63) is 75.2 Å². The molecule has 9 atom stereocenters. The minimum absolute atomic E-state index is 0.00634. The van der Waals surface area contributed by atoms with E-state index >= 15 is 0 Å². The minimum Gasteiger partial charge on any atom is -0.508 e. The molecule has 29 nitrogen and oxygen atoms in total. The van der Waals surface area contributed by atoms with Crippen LogP contribution < -0.4 is 54.2 Å². The first kappa shape index (κ1) is 80.9. The molecular formula is C68H107N13O16S. The van der Waals surface area contributed by atoms with E-state index in [1.807, 2.05) is 39.6 Å². The number of anilines is 1. The van der Waals surface area contributed by atoms with E-state index in [1.165, 1.54) is 23.5 Å². The van der Waals surface area contributed by atoms with Gasteiger partial charge in [0.25, 0.3) is 5.91 Å². The van der Waals surface area contributed by atoms with Crippen LogP contribution in [0.5, 0.6) is 5.75 Å². The summed E-state index contributed by atoms with van der Waals surface area (Å²) in [6.45, 7) is 18.9. The molecule has 0 spiro atoms. The van der Waals surface area contributed by atoms with E-state index in [0.717, 1.165) is 37.8 Å². The summed E-state index contributed by atoms with van der Waals surface area (Å²) in [4.78, 5) is 127. The molecule has 98 heavy (non-hydrogen) atoms. The summed E-state index contributed by atoms with van der Waals surface area (Å²) in [5.74, 6) is -3.44. The van der Waals surface area contributed by atoms with Crippen LogP contribution in [-0.4, -0.2) is 196 Å². The summed E-state index contributed by atoms with van der Waals surface area (Å²) < 4.78 is 33.5. The first-order valence-electron chi connectivity index (χ1n) is 34.3. The molecule has 5 rings (SSSR count). The van der Waals surface area contributed by atoms with Crippen LogP contribution in [0.4, 0.5) is 20.1 Å². The number of nitrogens with zero attached hydrogens (tertiary/aromatic N) is 3. The first-order valence-corrected chi connectivity index (χ1v) is 35.2. The fraction of sp³-hybridized carbons (Fsp3) is 0.647. The average Bonchev–Trinajstić information content (AvgIpc) is 0.959. The van der Waals surface area contributed by atoms with Gasteiger partial charge in [-0.25, -0.2) is 24.8 Å². The summed E-state index contributed by atoms with van der Waals surface area (Å²) >= 11 is 1.30. The van der Waals surface area contributed by atoms with Gasteiger partial charge in [-0.05, 0) is 124 Å². The quantitative estimate of drug-likeness (QED) is 0.0250. The Morgan fingerprint density at radius 2 is 1.48 bits per heavy atom. The van der Waals surface area contributed by atoms with Crippen molar-refractivity contribution in [1.29, 1.82) is 0 Å². The summed E-state index contributed by atoms with van der Waals surface area (Å²) in [7, 11) is 1.96. The maximum atomic E-state index is 14.8. The largest absolute Gasteiger partial charge is 0.508 e. The van der Waals surface area contributed by atoms with Gasteiger partial charge in [-0.15, -0.1) is 11.3 Å². The van der Waals surface area contributed by atoms with E-state index in [0.29, 0.717) is 67.1 Å². The summed E-state index contributed by atoms with van der Waals surface area (Å²) in [6, 6.07) is 7.04. The van der Waals surface area contributed by atoms with Crippen molar-refractivity contribution < 1.29 is 76.7 Å². The Morgan fingerprint density at radius 1 is 0.776 bits per heavy atom. The van der Waals surface area contributed by atoms with Crippen LogP contribution >= 0.6 is 11.3 Å². The topological polar surface area (TPSA) is 397 Å². The lowest BCUT2D eigenvalue weighted by atomic mass is 9.79. The van der Waals surface area contributed by atoms with Crippen molar-refractivity contribution in [2.75, 3.05) is 91.4 Å². The molecule has 0 saturated carbocycles. The third kappa shape index (κ3) is 27.2. The smallest absolute Gasteiger partial charge is 0.426 e. The third-order valence-corrected chi connectivity index (χ3v) is 18.1. The summed E-state index contributed by atoms with van der Waals surface area (Å²) in [5, 5.41) is 29.5. The molecule has 3 aromatic rings. The Hall–Kier alpha value is -7.74. The number of phenolic OH excluding ortho intramolecular Hbond substituents is 1.